The molecule has 0 radical (unpaired) electrons. The van der Waals surface area contributed by atoms with Crippen molar-refractivity contribution in [1.82, 2.24) is 4.90 Å². The maximum Gasteiger partial charge on any atom is 0.227 e. The third kappa shape index (κ3) is 2.96. The van der Waals surface area contributed by atoms with Crippen LogP contribution in [0.15, 0.2) is 24.3 Å². The van der Waals surface area contributed by atoms with E-state index in [0.717, 1.165) is 37.2 Å². The highest BCUT2D eigenvalue weighted by Crippen LogP contribution is 2.36. The van der Waals surface area contributed by atoms with Gasteiger partial charge in [0.25, 0.3) is 0 Å². The topological polar surface area (TPSA) is 59.0 Å². The van der Waals surface area contributed by atoms with Crippen molar-refractivity contribution in [3.05, 3.63) is 29.8 Å². The number of amides is 1. The maximum absolute atomic E-state index is 12.4. The van der Waals surface area contributed by atoms with Gasteiger partial charge in [0.2, 0.25) is 5.91 Å². The quantitative estimate of drug-likeness (QED) is 0.916. The van der Waals surface area contributed by atoms with Crippen LogP contribution in [0.25, 0.3) is 0 Å². The second-order valence-corrected chi connectivity index (χ2v) is 6.15. The van der Waals surface area contributed by atoms with E-state index < -0.39 is 11.7 Å². The van der Waals surface area contributed by atoms with Crippen LogP contribution in [0.4, 0.5) is 0 Å². The molecule has 2 saturated heterocycles. The molecule has 0 bridgehead atoms. The number of benzene rings is 1. The van der Waals surface area contributed by atoms with Gasteiger partial charge >= 0.3 is 0 Å². The van der Waals surface area contributed by atoms with Crippen molar-refractivity contribution in [2.75, 3.05) is 26.8 Å². The highest BCUT2D eigenvalue weighted by Gasteiger charge is 2.46. The average molecular weight is 305 g/mol. The van der Waals surface area contributed by atoms with E-state index >= 15 is 0 Å². The number of β-amino-alcohol motifs (C(OH)–C–C–N with tert-alkyl or cyclic N) is 1. The van der Waals surface area contributed by atoms with Gasteiger partial charge in [-0.25, -0.2) is 0 Å². The number of methoxy groups -OCH3 is 1. The van der Waals surface area contributed by atoms with E-state index in [2.05, 4.69) is 0 Å². The van der Waals surface area contributed by atoms with Gasteiger partial charge in [0, 0.05) is 19.7 Å². The SMILES string of the molecule is COc1ccc(CC(=O)N2CC[C@@]3(CCCO3)[C@@H](O)C2)cc1. The van der Waals surface area contributed by atoms with Gasteiger partial charge in [0.15, 0.2) is 0 Å². The normalized spacial score (nSPS) is 28.1. The van der Waals surface area contributed by atoms with Crippen molar-refractivity contribution in [2.45, 2.75) is 37.4 Å². The number of aliphatic hydroxyl groups excluding tert-OH is 1. The van der Waals surface area contributed by atoms with Crippen molar-refractivity contribution < 1.29 is 19.4 Å². The van der Waals surface area contributed by atoms with Crippen LogP contribution in [0.3, 0.4) is 0 Å². The monoisotopic (exact) mass is 305 g/mol. The molecule has 2 aliphatic rings. The zero-order valence-corrected chi connectivity index (χ0v) is 13.0. The summed E-state index contributed by atoms with van der Waals surface area (Å²) in [5, 5.41) is 10.4. The molecule has 0 aromatic heterocycles. The summed E-state index contributed by atoms with van der Waals surface area (Å²) < 4.78 is 10.9. The van der Waals surface area contributed by atoms with E-state index in [9.17, 15) is 9.90 Å². The minimum atomic E-state index is -0.580. The largest absolute Gasteiger partial charge is 0.497 e. The number of rotatable bonds is 3. The Morgan fingerprint density at radius 2 is 2.18 bits per heavy atom. The maximum atomic E-state index is 12.4. The number of hydrogen-bond donors (Lipinski definition) is 1. The molecule has 5 heteroatoms. The Labute approximate surface area is 130 Å². The van der Waals surface area contributed by atoms with E-state index in [4.69, 9.17) is 9.47 Å². The van der Waals surface area contributed by atoms with E-state index in [1.165, 1.54) is 0 Å². The fourth-order valence-electron chi connectivity index (χ4n) is 3.39. The highest BCUT2D eigenvalue weighted by molar-refractivity contribution is 5.79. The predicted molar refractivity (Wildman–Crippen MR) is 81.8 cm³/mol. The molecule has 2 fully saturated rings. The molecule has 1 spiro atoms. The van der Waals surface area contributed by atoms with Gasteiger partial charge in [0.05, 0.1) is 19.1 Å². The molecule has 1 aromatic carbocycles. The zero-order valence-electron chi connectivity index (χ0n) is 13.0. The molecular formula is C17H23NO4. The van der Waals surface area contributed by atoms with Crippen LogP contribution in [0.2, 0.25) is 0 Å². The van der Waals surface area contributed by atoms with Gasteiger partial charge < -0.3 is 19.5 Å². The third-order valence-corrected chi connectivity index (χ3v) is 4.81. The fraction of sp³-hybridized carbons (Fsp3) is 0.588. The lowest BCUT2D eigenvalue weighted by Crippen LogP contribution is -2.56. The summed E-state index contributed by atoms with van der Waals surface area (Å²) in [4.78, 5) is 14.2. The Balaban J connectivity index is 1.59. The molecule has 120 valence electrons. The molecule has 5 nitrogen and oxygen atoms in total. The summed E-state index contributed by atoms with van der Waals surface area (Å²) in [6, 6.07) is 7.52. The van der Waals surface area contributed by atoms with Crippen molar-refractivity contribution in [2.24, 2.45) is 0 Å². The lowest BCUT2D eigenvalue weighted by Gasteiger charge is -2.42. The van der Waals surface area contributed by atoms with Gasteiger partial charge in [-0.1, -0.05) is 12.1 Å². The molecule has 0 aliphatic carbocycles. The first-order chi connectivity index (χ1) is 10.6. The van der Waals surface area contributed by atoms with Crippen LogP contribution in [0.5, 0.6) is 5.75 Å². The van der Waals surface area contributed by atoms with Gasteiger partial charge in [-0.3, -0.25) is 4.79 Å². The second kappa shape index (κ2) is 6.26. The minimum Gasteiger partial charge on any atom is -0.497 e. The number of nitrogens with zero attached hydrogens (tertiary/aromatic N) is 1. The molecule has 22 heavy (non-hydrogen) atoms. The number of piperidine rings is 1. The van der Waals surface area contributed by atoms with E-state index in [1.807, 2.05) is 24.3 Å². The number of hydrogen-bond acceptors (Lipinski definition) is 4. The van der Waals surface area contributed by atoms with Gasteiger partial charge in [-0.15, -0.1) is 0 Å². The predicted octanol–water partition coefficient (Wildman–Crippen LogP) is 1.38. The summed E-state index contributed by atoms with van der Waals surface area (Å²) in [6.45, 7) is 1.75. The van der Waals surface area contributed by atoms with Crippen molar-refractivity contribution in [3.8, 4) is 5.75 Å². The van der Waals surface area contributed by atoms with Crippen molar-refractivity contribution >= 4 is 5.91 Å². The minimum absolute atomic E-state index is 0.0528. The molecule has 1 N–H and O–H groups in total. The van der Waals surface area contributed by atoms with Crippen LogP contribution in [0.1, 0.15) is 24.8 Å². The molecule has 1 aromatic rings. The first-order valence-electron chi connectivity index (χ1n) is 7.86. The van der Waals surface area contributed by atoms with Gasteiger partial charge in [-0.2, -0.15) is 0 Å². The Kier molecular flexibility index (Phi) is 4.36. The molecular weight excluding hydrogens is 282 g/mol. The Morgan fingerprint density at radius 3 is 2.77 bits per heavy atom. The van der Waals surface area contributed by atoms with Crippen LogP contribution in [-0.4, -0.2) is 54.4 Å². The molecule has 2 atom stereocenters. The second-order valence-electron chi connectivity index (χ2n) is 6.15. The number of carbonyl (C=O) groups is 1. The Hall–Kier alpha value is -1.59. The first kappa shape index (κ1) is 15.3. The third-order valence-electron chi connectivity index (χ3n) is 4.81. The number of ether oxygens (including phenoxy) is 2. The lowest BCUT2D eigenvalue weighted by molar-refractivity contribution is -0.151. The van der Waals surface area contributed by atoms with Gasteiger partial charge in [0.1, 0.15) is 11.9 Å². The summed E-state index contributed by atoms with van der Waals surface area (Å²) in [7, 11) is 1.62. The zero-order chi connectivity index (χ0) is 15.6. The first-order valence-corrected chi connectivity index (χ1v) is 7.86. The molecule has 0 saturated carbocycles. The fourth-order valence-corrected chi connectivity index (χ4v) is 3.39. The standard InChI is InChI=1S/C17H23NO4/c1-21-14-5-3-13(4-6-14)11-16(20)18-9-8-17(15(19)12-18)7-2-10-22-17/h3-6,15,19H,2,7-12H2,1H3/t15-,17-/m0/s1. The molecule has 1 amide bonds. The lowest BCUT2D eigenvalue weighted by atomic mass is 9.86. The molecule has 0 unspecified atom stereocenters. The molecule has 2 heterocycles. The summed E-state index contributed by atoms with van der Waals surface area (Å²) in [6.07, 6.45) is 2.39. The van der Waals surface area contributed by atoms with Crippen LogP contribution < -0.4 is 4.74 Å². The Morgan fingerprint density at radius 1 is 1.41 bits per heavy atom. The van der Waals surface area contributed by atoms with E-state index in [-0.39, 0.29) is 5.91 Å². The average Bonchev–Trinajstić information content (AvgIpc) is 3.00. The smallest absolute Gasteiger partial charge is 0.227 e. The van der Waals surface area contributed by atoms with Gasteiger partial charge in [-0.05, 0) is 37.0 Å². The van der Waals surface area contributed by atoms with Crippen molar-refractivity contribution in [1.29, 1.82) is 0 Å². The number of carbonyl (C=O) groups excluding carboxylic acids is 1. The summed E-state index contributed by atoms with van der Waals surface area (Å²) >= 11 is 0. The van der Waals surface area contributed by atoms with Crippen LogP contribution >= 0.6 is 0 Å². The molecule has 3 rings (SSSR count). The summed E-state index contributed by atoms with van der Waals surface area (Å²) in [5.74, 6) is 0.835. The van der Waals surface area contributed by atoms with Crippen molar-refractivity contribution in [3.63, 3.8) is 0 Å². The summed E-state index contributed by atoms with van der Waals surface area (Å²) in [5.41, 5.74) is 0.550. The van der Waals surface area contributed by atoms with E-state index in [1.54, 1.807) is 12.0 Å². The number of aliphatic hydroxyl groups is 1. The van der Waals surface area contributed by atoms with Crippen LogP contribution in [0, 0.1) is 0 Å². The Bertz CT molecular complexity index is 522. The molecule has 2 aliphatic heterocycles. The number of likely N-dealkylation sites (tertiary alicyclic amines) is 1. The highest BCUT2D eigenvalue weighted by atomic mass is 16.5. The van der Waals surface area contributed by atoms with E-state index in [0.29, 0.717) is 19.5 Å². The van der Waals surface area contributed by atoms with Crippen LogP contribution in [-0.2, 0) is 16.0 Å².